The van der Waals surface area contributed by atoms with E-state index in [9.17, 15) is 4.79 Å². The van der Waals surface area contributed by atoms with Gasteiger partial charge in [0.2, 0.25) is 5.91 Å². The van der Waals surface area contributed by atoms with Crippen molar-refractivity contribution in [2.75, 3.05) is 13.6 Å². The standard InChI is InChI=1S/C16H22BrNO/c1-12-4-3-5-13(8-12)6-7-16(19)18(2)11-14-9-15(17)10-14/h3-5,8,14-15H,6-7,9-11H2,1-2H3. The Morgan fingerprint density at radius 2 is 2.16 bits per heavy atom. The lowest BCUT2D eigenvalue weighted by atomic mass is 9.85. The van der Waals surface area contributed by atoms with Crippen LogP contribution in [0.2, 0.25) is 0 Å². The Labute approximate surface area is 124 Å². The maximum atomic E-state index is 12.1. The fourth-order valence-corrected chi connectivity index (χ4v) is 3.66. The Balaban J connectivity index is 1.74. The van der Waals surface area contributed by atoms with Gasteiger partial charge in [0.25, 0.3) is 0 Å². The van der Waals surface area contributed by atoms with Gasteiger partial charge >= 0.3 is 0 Å². The number of benzene rings is 1. The second kappa shape index (κ2) is 6.56. The van der Waals surface area contributed by atoms with Crippen molar-refractivity contribution in [2.45, 2.75) is 37.4 Å². The van der Waals surface area contributed by atoms with E-state index in [0.29, 0.717) is 17.2 Å². The molecule has 1 saturated carbocycles. The molecule has 0 spiro atoms. The Morgan fingerprint density at radius 1 is 1.42 bits per heavy atom. The molecular weight excluding hydrogens is 302 g/mol. The maximum absolute atomic E-state index is 12.1. The SMILES string of the molecule is Cc1cccc(CCC(=O)N(C)CC2CC(Br)C2)c1. The molecule has 2 rings (SSSR count). The summed E-state index contributed by atoms with van der Waals surface area (Å²) in [6.45, 7) is 3.00. The average Bonchev–Trinajstić information content (AvgIpc) is 2.34. The van der Waals surface area contributed by atoms with Crippen LogP contribution in [-0.2, 0) is 11.2 Å². The molecule has 0 aromatic heterocycles. The Morgan fingerprint density at radius 3 is 2.79 bits per heavy atom. The summed E-state index contributed by atoms with van der Waals surface area (Å²) in [5, 5.41) is 0. The van der Waals surface area contributed by atoms with Gasteiger partial charge in [-0.15, -0.1) is 0 Å². The molecule has 0 bridgehead atoms. The Hall–Kier alpha value is -0.830. The molecule has 19 heavy (non-hydrogen) atoms. The highest BCUT2D eigenvalue weighted by Crippen LogP contribution is 2.33. The van der Waals surface area contributed by atoms with E-state index in [1.54, 1.807) is 0 Å². The topological polar surface area (TPSA) is 20.3 Å². The van der Waals surface area contributed by atoms with Crippen LogP contribution in [0.5, 0.6) is 0 Å². The van der Waals surface area contributed by atoms with Crippen molar-refractivity contribution >= 4 is 21.8 Å². The highest BCUT2D eigenvalue weighted by atomic mass is 79.9. The first-order valence-electron chi connectivity index (χ1n) is 6.98. The van der Waals surface area contributed by atoms with Crippen molar-refractivity contribution in [1.29, 1.82) is 0 Å². The molecule has 0 N–H and O–H groups in total. The van der Waals surface area contributed by atoms with E-state index < -0.39 is 0 Å². The molecule has 1 aromatic rings. The minimum atomic E-state index is 0.263. The van der Waals surface area contributed by atoms with Crippen molar-refractivity contribution in [2.24, 2.45) is 5.92 Å². The van der Waals surface area contributed by atoms with Gasteiger partial charge in [0.15, 0.2) is 0 Å². The lowest BCUT2D eigenvalue weighted by Gasteiger charge is -2.34. The number of hydrogen-bond acceptors (Lipinski definition) is 1. The van der Waals surface area contributed by atoms with E-state index in [0.717, 1.165) is 13.0 Å². The van der Waals surface area contributed by atoms with Crippen LogP contribution in [0.4, 0.5) is 0 Å². The third-order valence-electron chi connectivity index (χ3n) is 3.85. The van der Waals surface area contributed by atoms with E-state index >= 15 is 0 Å². The van der Waals surface area contributed by atoms with Crippen LogP contribution >= 0.6 is 15.9 Å². The molecule has 1 amide bonds. The highest BCUT2D eigenvalue weighted by Gasteiger charge is 2.28. The van der Waals surface area contributed by atoms with E-state index in [4.69, 9.17) is 0 Å². The van der Waals surface area contributed by atoms with Gasteiger partial charge in [-0.2, -0.15) is 0 Å². The van der Waals surface area contributed by atoms with Gasteiger partial charge in [0.1, 0.15) is 0 Å². The van der Waals surface area contributed by atoms with Crippen LogP contribution in [0.25, 0.3) is 0 Å². The number of alkyl halides is 1. The summed E-state index contributed by atoms with van der Waals surface area (Å²) in [6.07, 6.45) is 3.87. The van der Waals surface area contributed by atoms with Crippen molar-refractivity contribution < 1.29 is 4.79 Å². The Bertz CT molecular complexity index is 440. The summed E-state index contributed by atoms with van der Waals surface area (Å²) in [4.78, 5) is 14.6. The van der Waals surface area contributed by atoms with Crippen LogP contribution < -0.4 is 0 Å². The van der Waals surface area contributed by atoms with Gasteiger partial charge in [-0.1, -0.05) is 45.8 Å². The van der Waals surface area contributed by atoms with Crippen LogP contribution in [0.15, 0.2) is 24.3 Å². The lowest BCUT2D eigenvalue weighted by Crippen LogP contribution is -2.37. The van der Waals surface area contributed by atoms with Gasteiger partial charge in [0, 0.05) is 24.8 Å². The third kappa shape index (κ3) is 4.34. The molecule has 1 aromatic carbocycles. The lowest BCUT2D eigenvalue weighted by molar-refractivity contribution is -0.130. The summed E-state index contributed by atoms with van der Waals surface area (Å²) in [6, 6.07) is 8.41. The second-order valence-corrected chi connectivity index (χ2v) is 6.99. The van der Waals surface area contributed by atoms with E-state index in [1.807, 2.05) is 11.9 Å². The molecule has 0 atom stereocenters. The van der Waals surface area contributed by atoms with Crippen molar-refractivity contribution in [3.05, 3.63) is 35.4 Å². The number of hydrogen-bond donors (Lipinski definition) is 0. The minimum Gasteiger partial charge on any atom is -0.345 e. The van der Waals surface area contributed by atoms with Crippen LogP contribution in [0.3, 0.4) is 0 Å². The fraction of sp³-hybridized carbons (Fsp3) is 0.562. The van der Waals surface area contributed by atoms with Crippen LogP contribution in [-0.4, -0.2) is 29.2 Å². The molecule has 1 aliphatic rings. The normalized spacial score (nSPS) is 21.8. The molecule has 104 valence electrons. The first-order chi connectivity index (χ1) is 9.04. The molecule has 3 heteroatoms. The van der Waals surface area contributed by atoms with Crippen molar-refractivity contribution in [1.82, 2.24) is 4.90 Å². The molecule has 0 aliphatic heterocycles. The summed E-state index contributed by atoms with van der Waals surface area (Å²) in [5.41, 5.74) is 2.52. The minimum absolute atomic E-state index is 0.263. The predicted molar refractivity (Wildman–Crippen MR) is 82.6 cm³/mol. The molecular formula is C16H22BrNO. The fourth-order valence-electron chi connectivity index (χ4n) is 2.60. The van der Waals surface area contributed by atoms with Gasteiger partial charge in [-0.3, -0.25) is 4.79 Å². The number of rotatable bonds is 5. The summed E-state index contributed by atoms with van der Waals surface area (Å²) in [7, 11) is 1.93. The van der Waals surface area contributed by atoms with Gasteiger partial charge < -0.3 is 4.90 Å². The Kier molecular flexibility index (Phi) is 5.03. The number of carbonyl (C=O) groups excluding carboxylic acids is 1. The molecule has 2 nitrogen and oxygen atoms in total. The third-order valence-corrected chi connectivity index (χ3v) is 4.59. The number of carbonyl (C=O) groups is 1. The quantitative estimate of drug-likeness (QED) is 0.759. The zero-order chi connectivity index (χ0) is 13.8. The number of amides is 1. The van der Waals surface area contributed by atoms with E-state index in [-0.39, 0.29) is 5.91 Å². The first kappa shape index (κ1) is 14.6. The summed E-state index contributed by atoms with van der Waals surface area (Å²) in [5.74, 6) is 0.955. The highest BCUT2D eigenvalue weighted by molar-refractivity contribution is 9.09. The van der Waals surface area contributed by atoms with Crippen LogP contribution in [0, 0.1) is 12.8 Å². The number of halogens is 1. The molecule has 0 radical (unpaired) electrons. The van der Waals surface area contributed by atoms with E-state index in [1.165, 1.54) is 24.0 Å². The molecule has 1 fully saturated rings. The molecule has 0 saturated heterocycles. The van der Waals surface area contributed by atoms with Crippen molar-refractivity contribution in [3.8, 4) is 0 Å². The smallest absolute Gasteiger partial charge is 0.222 e. The average molecular weight is 324 g/mol. The summed E-state index contributed by atoms with van der Waals surface area (Å²) < 4.78 is 0. The molecule has 0 unspecified atom stereocenters. The molecule has 1 aliphatic carbocycles. The summed E-state index contributed by atoms with van der Waals surface area (Å²) >= 11 is 3.59. The number of nitrogens with zero attached hydrogens (tertiary/aromatic N) is 1. The maximum Gasteiger partial charge on any atom is 0.222 e. The van der Waals surface area contributed by atoms with Gasteiger partial charge in [-0.25, -0.2) is 0 Å². The zero-order valence-corrected chi connectivity index (χ0v) is 13.3. The van der Waals surface area contributed by atoms with Crippen LogP contribution in [0.1, 0.15) is 30.4 Å². The molecule has 0 heterocycles. The largest absolute Gasteiger partial charge is 0.345 e. The number of aryl methyl sites for hydroxylation is 2. The second-order valence-electron chi connectivity index (χ2n) is 5.70. The monoisotopic (exact) mass is 323 g/mol. The van der Waals surface area contributed by atoms with Gasteiger partial charge in [-0.05, 0) is 37.7 Å². The predicted octanol–water partition coefficient (Wildman–Crippen LogP) is 3.56. The zero-order valence-electron chi connectivity index (χ0n) is 11.7. The van der Waals surface area contributed by atoms with E-state index in [2.05, 4.69) is 47.1 Å². The van der Waals surface area contributed by atoms with Gasteiger partial charge in [0.05, 0.1) is 0 Å². The first-order valence-corrected chi connectivity index (χ1v) is 7.89. The van der Waals surface area contributed by atoms with Crippen molar-refractivity contribution in [3.63, 3.8) is 0 Å².